The highest BCUT2D eigenvalue weighted by Gasteiger charge is 2.40. The number of carbonyl (C=O) groups excluding carboxylic acids is 2. The number of likely N-dealkylation sites (tertiary alicyclic amines) is 1. The summed E-state index contributed by atoms with van der Waals surface area (Å²) in [7, 11) is 0. The first-order valence-corrected chi connectivity index (χ1v) is 8.14. The molecule has 124 valence electrons. The topological polar surface area (TPSA) is 58.6 Å². The third kappa shape index (κ3) is 3.46. The number of rotatable bonds is 5. The van der Waals surface area contributed by atoms with Gasteiger partial charge >= 0.3 is 0 Å². The highest BCUT2D eigenvalue weighted by atomic mass is 19.1. The zero-order valence-corrected chi connectivity index (χ0v) is 13.2. The van der Waals surface area contributed by atoms with Crippen LogP contribution in [0, 0.1) is 11.7 Å². The normalized spacial score (nSPS) is 20.4. The molecule has 1 saturated heterocycles. The maximum Gasteiger partial charge on any atom is 0.247 e. The maximum atomic E-state index is 13.5. The summed E-state index contributed by atoms with van der Waals surface area (Å²) in [5.41, 5.74) is 0.308. The minimum absolute atomic E-state index is 0.0759. The third-order valence-corrected chi connectivity index (χ3v) is 4.26. The van der Waals surface area contributed by atoms with E-state index in [0.717, 1.165) is 19.3 Å². The molecule has 1 aromatic rings. The SMILES string of the molecule is CCOc1ccc(F)cc1NC(=O)C1CCCN1C(=O)C1CC1. The number of hydrogen-bond donors (Lipinski definition) is 1. The minimum Gasteiger partial charge on any atom is -0.492 e. The maximum absolute atomic E-state index is 13.5. The predicted molar refractivity (Wildman–Crippen MR) is 83.7 cm³/mol. The van der Waals surface area contributed by atoms with Crippen LogP contribution in [0.3, 0.4) is 0 Å². The molecule has 1 N–H and O–H groups in total. The van der Waals surface area contributed by atoms with Crippen molar-refractivity contribution < 1.29 is 18.7 Å². The monoisotopic (exact) mass is 320 g/mol. The van der Waals surface area contributed by atoms with Gasteiger partial charge in [-0.1, -0.05) is 0 Å². The molecule has 1 aliphatic heterocycles. The summed E-state index contributed by atoms with van der Waals surface area (Å²) < 4.78 is 18.9. The molecule has 1 atom stereocenters. The van der Waals surface area contributed by atoms with Crippen LogP contribution in [0.2, 0.25) is 0 Å². The fraction of sp³-hybridized carbons (Fsp3) is 0.529. The minimum atomic E-state index is -0.471. The Morgan fingerprint density at radius 2 is 2.13 bits per heavy atom. The van der Waals surface area contributed by atoms with E-state index in [2.05, 4.69) is 5.32 Å². The average Bonchev–Trinajstić information content (AvgIpc) is 3.26. The van der Waals surface area contributed by atoms with E-state index in [1.807, 2.05) is 6.92 Å². The Morgan fingerprint density at radius 1 is 1.35 bits per heavy atom. The Bertz CT molecular complexity index is 616. The van der Waals surface area contributed by atoms with E-state index < -0.39 is 11.9 Å². The molecule has 2 fully saturated rings. The zero-order chi connectivity index (χ0) is 16.4. The molecule has 6 heteroatoms. The molecule has 1 aromatic carbocycles. The average molecular weight is 320 g/mol. The lowest BCUT2D eigenvalue weighted by Crippen LogP contribution is -2.43. The van der Waals surface area contributed by atoms with Gasteiger partial charge in [0.2, 0.25) is 11.8 Å². The van der Waals surface area contributed by atoms with Crippen molar-refractivity contribution in [3.8, 4) is 5.75 Å². The van der Waals surface area contributed by atoms with Gasteiger partial charge < -0.3 is 15.0 Å². The number of nitrogens with zero attached hydrogens (tertiary/aromatic N) is 1. The van der Waals surface area contributed by atoms with Gasteiger partial charge in [0.1, 0.15) is 17.6 Å². The van der Waals surface area contributed by atoms with Crippen LogP contribution in [0.5, 0.6) is 5.75 Å². The molecule has 1 unspecified atom stereocenters. The van der Waals surface area contributed by atoms with E-state index in [-0.39, 0.29) is 17.7 Å². The molecular formula is C17H21FN2O3. The van der Waals surface area contributed by atoms with Gasteiger partial charge in [0.05, 0.1) is 12.3 Å². The molecule has 2 amide bonds. The highest BCUT2D eigenvalue weighted by Crippen LogP contribution is 2.34. The molecule has 0 bridgehead atoms. The van der Waals surface area contributed by atoms with Crippen LogP contribution in [0.15, 0.2) is 18.2 Å². The molecule has 1 heterocycles. The molecule has 1 saturated carbocycles. The van der Waals surface area contributed by atoms with Gasteiger partial charge in [-0.2, -0.15) is 0 Å². The van der Waals surface area contributed by atoms with Crippen LogP contribution < -0.4 is 10.1 Å². The lowest BCUT2D eigenvalue weighted by molar-refractivity contribution is -0.137. The lowest BCUT2D eigenvalue weighted by Gasteiger charge is -2.24. The van der Waals surface area contributed by atoms with Crippen molar-refractivity contribution in [1.29, 1.82) is 0 Å². The summed E-state index contributed by atoms with van der Waals surface area (Å²) in [5.74, 6) is -0.118. The lowest BCUT2D eigenvalue weighted by atomic mass is 10.2. The van der Waals surface area contributed by atoms with E-state index >= 15 is 0 Å². The quantitative estimate of drug-likeness (QED) is 0.907. The number of amides is 2. The fourth-order valence-corrected chi connectivity index (χ4v) is 2.97. The predicted octanol–water partition coefficient (Wildman–Crippen LogP) is 2.56. The summed E-state index contributed by atoms with van der Waals surface area (Å²) in [4.78, 5) is 26.5. The van der Waals surface area contributed by atoms with E-state index in [1.165, 1.54) is 18.2 Å². The van der Waals surface area contributed by atoms with Crippen molar-refractivity contribution >= 4 is 17.5 Å². The van der Waals surface area contributed by atoms with E-state index in [1.54, 1.807) is 4.90 Å². The summed E-state index contributed by atoms with van der Waals surface area (Å²) in [6, 6.07) is 3.56. The molecular weight excluding hydrogens is 299 g/mol. The first-order valence-electron chi connectivity index (χ1n) is 8.14. The van der Waals surface area contributed by atoms with E-state index in [4.69, 9.17) is 4.74 Å². The molecule has 23 heavy (non-hydrogen) atoms. The van der Waals surface area contributed by atoms with Crippen molar-refractivity contribution in [3.63, 3.8) is 0 Å². The van der Waals surface area contributed by atoms with Crippen molar-refractivity contribution in [2.45, 2.75) is 38.6 Å². The number of hydrogen-bond acceptors (Lipinski definition) is 3. The Morgan fingerprint density at radius 3 is 2.83 bits per heavy atom. The summed E-state index contributed by atoms with van der Waals surface area (Å²) >= 11 is 0. The largest absolute Gasteiger partial charge is 0.492 e. The number of nitrogens with one attached hydrogen (secondary N) is 1. The highest BCUT2D eigenvalue weighted by molar-refractivity contribution is 5.99. The Balaban J connectivity index is 1.73. The number of ether oxygens (including phenoxy) is 1. The molecule has 3 rings (SSSR count). The smallest absolute Gasteiger partial charge is 0.247 e. The zero-order valence-electron chi connectivity index (χ0n) is 13.2. The summed E-state index contributed by atoms with van der Waals surface area (Å²) in [6.07, 6.45) is 3.30. The summed E-state index contributed by atoms with van der Waals surface area (Å²) in [6.45, 7) is 2.86. The van der Waals surface area contributed by atoms with Crippen LogP contribution in [-0.2, 0) is 9.59 Å². The molecule has 0 radical (unpaired) electrons. The molecule has 5 nitrogen and oxygen atoms in total. The van der Waals surface area contributed by atoms with Gasteiger partial charge in [-0.05, 0) is 44.7 Å². The third-order valence-electron chi connectivity index (χ3n) is 4.26. The van der Waals surface area contributed by atoms with Crippen LogP contribution in [0.25, 0.3) is 0 Å². The van der Waals surface area contributed by atoms with Crippen molar-refractivity contribution in [2.24, 2.45) is 5.92 Å². The van der Waals surface area contributed by atoms with Crippen LogP contribution in [0.4, 0.5) is 10.1 Å². The number of benzene rings is 1. The molecule has 2 aliphatic rings. The summed E-state index contributed by atoms with van der Waals surface area (Å²) in [5, 5.41) is 2.72. The number of halogens is 1. The van der Waals surface area contributed by atoms with Crippen molar-refractivity contribution in [1.82, 2.24) is 4.90 Å². The second-order valence-corrected chi connectivity index (χ2v) is 6.03. The van der Waals surface area contributed by atoms with Crippen LogP contribution >= 0.6 is 0 Å². The standard InChI is InChI=1S/C17H21FN2O3/c1-2-23-15-8-7-12(18)10-13(15)19-16(21)14-4-3-9-20(14)17(22)11-5-6-11/h7-8,10-11,14H,2-6,9H2,1H3,(H,19,21). The first kappa shape index (κ1) is 15.8. The van der Waals surface area contributed by atoms with E-state index in [9.17, 15) is 14.0 Å². The van der Waals surface area contributed by atoms with Gasteiger partial charge in [0.25, 0.3) is 0 Å². The van der Waals surface area contributed by atoms with Crippen LogP contribution in [0.1, 0.15) is 32.6 Å². The molecule has 0 spiro atoms. The fourth-order valence-electron chi connectivity index (χ4n) is 2.97. The van der Waals surface area contributed by atoms with Crippen molar-refractivity contribution in [2.75, 3.05) is 18.5 Å². The molecule has 1 aliphatic carbocycles. The van der Waals surface area contributed by atoms with Gasteiger partial charge in [-0.25, -0.2) is 4.39 Å². The van der Waals surface area contributed by atoms with Gasteiger partial charge in [0.15, 0.2) is 0 Å². The Kier molecular flexibility index (Phi) is 4.50. The number of anilines is 1. The molecule has 0 aromatic heterocycles. The van der Waals surface area contributed by atoms with Gasteiger partial charge in [-0.3, -0.25) is 9.59 Å². The second kappa shape index (κ2) is 6.56. The second-order valence-electron chi connectivity index (χ2n) is 6.03. The van der Waals surface area contributed by atoms with E-state index in [0.29, 0.717) is 31.0 Å². The van der Waals surface area contributed by atoms with Gasteiger partial charge in [0, 0.05) is 18.5 Å². The Hall–Kier alpha value is -2.11. The van der Waals surface area contributed by atoms with Crippen LogP contribution in [-0.4, -0.2) is 35.9 Å². The van der Waals surface area contributed by atoms with Crippen molar-refractivity contribution in [3.05, 3.63) is 24.0 Å². The first-order chi connectivity index (χ1) is 11.1. The number of carbonyl (C=O) groups is 2. The Labute approximate surface area is 134 Å². The van der Waals surface area contributed by atoms with Gasteiger partial charge in [-0.15, -0.1) is 0 Å².